The number of nitrogens with zero attached hydrogens (tertiary/aromatic N) is 4. The summed E-state index contributed by atoms with van der Waals surface area (Å²) in [7, 11) is 0. The molecule has 0 bridgehead atoms. The lowest BCUT2D eigenvalue weighted by molar-refractivity contribution is 0.199. The molecular formula is C16H21N5O. The molecule has 2 aromatic rings. The molecule has 1 saturated heterocycles. The molecule has 6 nitrogen and oxygen atoms in total. The van der Waals surface area contributed by atoms with Crippen molar-refractivity contribution in [2.45, 2.75) is 38.8 Å². The summed E-state index contributed by atoms with van der Waals surface area (Å²) in [5.41, 5.74) is 7.95. The van der Waals surface area contributed by atoms with E-state index in [1.807, 2.05) is 4.68 Å². The van der Waals surface area contributed by atoms with E-state index in [0.717, 1.165) is 25.1 Å². The van der Waals surface area contributed by atoms with Gasteiger partial charge in [0.1, 0.15) is 12.2 Å². The molecule has 116 valence electrons. The molecule has 1 aliphatic heterocycles. The third-order valence-corrected chi connectivity index (χ3v) is 4.24. The second kappa shape index (κ2) is 6.17. The first kappa shape index (κ1) is 14.6. The van der Waals surface area contributed by atoms with E-state index in [9.17, 15) is 4.79 Å². The minimum Gasteiger partial charge on any atom is -0.351 e. The molecule has 0 radical (unpaired) electrons. The first-order valence-electron chi connectivity index (χ1n) is 7.70. The van der Waals surface area contributed by atoms with Crippen LogP contribution >= 0.6 is 0 Å². The summed E-state index contributed by atoms with van der Waals surface area (Å²) in [4.78, 5) is 17.6. The fraction of sp³-hybridized carbons (Fsp3) is 0.438. The first-order valence-corrected chi connectivity index (χ1v) is 7.70. The molecule has 0 unspecified atom stereocenters. The van der Waals surface area contributed by atoms with E-state index in [1.165, 1.54) is 11.1 Å². The Morgan fingerprint density at radius 1 is 1.32 bits per heavy atom. The third-order valence-electron chi connectivity index (χ3n) is 4.24. The van der Waals surface area contributed by atoms with Gasteiger partial charge in [-0.3, -0.25) is 0 Å². The zero-order valence-corrected chi connectivity index (χ0v) is 12.8. The lowest BCUT2D eigenvalue weighted by Gasteiger charge is -2.22. The number of nitrogens with two attached hydrogens (primary N) is 1. The Kier molecular flexibility index (Phi) is 4.09. The van der Waals surface area contributed by atoms with Crippen LogP contribution in [0.25, 0.3) is 0 Å². The lowest BCUT2D eigenvalue weighted by atomic mass is 10.1. The molecule has 1 fully saturated rings. The highest BCUT2D eigenvalue weighted by Gasteiger charge is 2.32. The number of amides is 2. The van der Waals surface area contributed by atoms with Crippen molar-refractivity contribution < 1.29 is 4.79 Å². The number of benzene rings is 1. The van der Waals surface area contributed by atoms with Crippen LogP contribution in [-0.4, -0.2) is 32.2 Å². The Bertz CT molecular complexity index is 649. The summed E-state index contributed by atoms with van der Waals surface area (Å²) < 4.78 is 1.87. The Morgan fingerprint density at radius 3 is 2.73 bits per heavy atom. The topological polar surface area (TPSA) is 77.0 Å². The maximum atomic E-state index is 11.5. The fourth-order valence-electron chi connectivity index (χ4n) is 3.01. The van der Waals surface area contributed by atoms with E-state index in [2.05, 4.69) is 41.3 Å². The van der Waals surface area contributed by atoms with Crippen LogP contribution in [0.3, 0.4) is 0 Å². The van der Waals surface area contributed by atoms with Gasteiger partial charge in [0.15, 0.2) is 0 Å². The molecule has 0 aliphatic carbocycles. The molecule has 1 aromatic carbocycles. The number of rotatable bonds is 4. The number of carbonyl (C=O) groups excluding carboxylic acids is 1. The molecule has 1 aliphatic rings. The predicted molar refractivity (Wildman–Crippen MR) is 83.2 cm³/mol. The van der Waals surface area contributed by atoms with Crippen LogP contribution in [0.15, 0.2) is 30.6 Å². The smallest absolute Gasteiger partial charge is 0.315 e. The van der Waals surface area contributed by atoms with Gasteiger partial charge in [-0.15, -0.1) is 0 Å². The van der Waals surface area contributed by atoms with E-state index in [0.29, 0.717) is 13.1 Å². The van der Waals surface area contributed by atoms with Crippen molar-refractivity contribution >= 4 is 6.03 Å². The molecule has 0 saturated carbocycles. The summed E-state index contributed by atoms with van der Waals surface area (Å²) in [6.07, 6.45) is 4.42. The number of primary amides is 1. The quantitative estimate of drug-likeness (QED) is 0.939. The zero-order valence-electron chi connectivity index (χ0n) is 12.8. The van der Waals surface area contributed by atoms with E-state index in [-0.39, 0.29) is 12.1 Å². The molecule has 0 spiro atoms. The first-order chi connectivity index (χ1) is 10.7. The van der Waals surface area contributed by atoms with Gasteiger partial charge in [-0.1, -0.05) is 31.2 Å². The van der Waals surface area contributed by atoms with Gasteiger partial charge in [0.25, 0.3) is 0 Å². The van der Waals surface area contributed by atoms with E-state index in [4.69, 9.17) is 5.73 Å². The average molecular weight is 299 g/mol. The highest BCUT2D eigenvalue weighted by atomic mass is 16.2. The van der Waals surface area contributed by atoms with E-state index in [1.54, 1.807) is 11.2 Å². The highest BCUT2D eigenvalue weighted by Crippen LogP contribution is 2.30. The monoisotopic (exact) mass is 299 g/mol. The molecular weight excluding hydrogens is 278 g/mol. The Labute approximate surface area is 129 Å². The number of hydrogen-bond acceptors (Lipinski definition) is 3. The maximum Gasteiger partial charge on any atom is 0.315 e. The van der Waals surface area contributed by atoms with Crippen molar-refractivity contribution in [1.82, 2.24) is 19.7 Å². The molecule has 22 heavy (non-hydrogen) atoms. The van der Waals surface area contributed by atoms with Gasteiger partial charge in [-0.2, -0.15) is 5.10 Å². The van der Waals surface area contributed by atoms with Gasteiger partial charge >= 0.3 is 6.03 Å². The van der Waals surface area contributed by atoms with Crippen molar-refractivity contribution in [1.29, 1.82) is 0 Å². The van der Waals surface area contributed by atoms with Crippen LogP contribution in [0.5, 0.6) is 0 Å². The van der Waals surface area contributed by atoms with Crippen molar-refractivity contribution in [3.8, 4) is 0 Å². The summed E-state index contributed by atoms with van der Waals surface area (Å²) >= 11 is 0. The minimum absolute atomic E-state index is 0.0603. The van der Waals surface area contributed by atoms with Gasteiger partial charge < -0.3 is 10.6 Å². The number of carbonyl (C=O) groups is 1. The molecule has 2 amide bonds. The second-order valence-electron chi connectivity index (χ2n) is 5.64. The zero-order chi connectivity index (χ0) is 15.5. The van der Waals surface area contributed by atoms with Crippen LogP contribution < -0.4 is 5.73 Å². The minimum atomic E-state index is -0.385. The standard InChI is InChI=1S/C16H21N5O/c1-2-12-5-7-13(8-6-12)10-21-15(18-11-19-21)14-4-3-9-20(14)16(17)22/h5-8,11,14H,2-4,9-10H2,1H3,(H2,17,22)/t14-/m0/s1. The van der Waals surface area contributed by atoms with E-state index < -0.39 is 0 Å². The van der Waals surface area contributed by atoms with Gasteiger partial charge in [0.05, 0.1) is 12.6 Å². The summed E-state index contributed by atoms with van der Waals surface area (Å²) in [5, 5.41) is 4.32. The Balaban J connectivity index is 1.81. The average Bonchev–Trinajstić information content (AvgIpc) is 3.16. The Morgan fingerprint density at radius 2 is 2.05 bits per heavy atom. The van der Waals surface area contributed by atoms with Crippen LogP contribution in [-0.2, 0) is 13.0 Å². The van der Waals surface area contributed by atoms with Crippen molar-refractivity contribution in [2.75, 3.05) is 6.54 Å². The largest absolute Gasteiger partial charge is 0.351 e. The molecule has 2 N–H and O–H groups in total. The van der Waals surface area contributed by atoms with Crippen LogP contribution in [0.2, 0.25) is 0 Å². The van der Waals surface area contributed by atoms with Gasteiger partial charge in [-0.25, -0.2) is 14.5 Å². The van der Waals surface area contributed by atoms with Crippen LogP contribution in [0.4, 0.5) is 4.79 Å². The SMILES string of the molecule is CCc1ccc(Cn2ncnc2[C@@H]2CCCN2C(N)=O)cc1. The Hall–Kier alpha value is -2.37. The van der Waals surface area contributed by atoms with E-state index >= 15 is 0 Å². The van der Waals surface area contributed by atoms with Crippen molar-refractivity contribution in [3.05, 3.63) is 47.5 Å². The maximum absolute atomic E-state index is 11.5. The summed E-state index contributed by atoms with van der Waals surface area (Å²) in [5.74, 6) is 0.816. The normalized spacial score (nSPS) is 17.9. The van der Waals surface area contributed by atoms with Gasteiger partial charge in [-0.05, 0) is 30.4 Å². The van der Waals surface area contributed by atoms with Gasteiger partial charge in [0.2, 0.25) is 0 Å². The highest BCUT2D eigenvalue weighted by molar-refractivity contribution is 5.72. The number of hydrogen-bond donors (Lipinski definition) is 1. The number of urea groups is 1. The second-order valence-corrected chi connectivity index (χ2v) is 5.64. The molecule has 6 heteroatoms. The molecule has 3 rings (SSSR count). The molecule has 1 atom stereocenters. The summed E-state index contributed by atoms with van der Waals surface area (Å²) in [6.45, 7) is 3.49. The molecule has 1 aromatic heterocycles. The number of aromatic nitrogens is 3. The summed E-state index contributed by atoms with van der Waals surface area (Å²) in [6, 6.07) is 8.06. The van der Waals surface area contributed by atoms with Crippen LogP contribution in [0, 0.1) is 0 Å². The lowest BCUT2D eigenvalue weighted by Crippen LogP contribution is -2.36. The van der Waals surface area contributed by atoms with Crippen molar-refractivity contribution in [3.63, 3.8) is 0 Å². The fourth-order valence-corrected chi connectivity index (χ4v) is 3.01. The molecule has 2 heterocycles. The van der Waals surface area contributed by atoms with Crippen molar-refractivity contribution in [2.24, 2.45) is 5.73 Å². The van der Waals surface area contributed by atoms with Crippen LogP contribution in [0.1, 0.15) is 42.8 Å². The number of likely N-dealkylation sites (tertiary alicyclic amines) is 1. The third kappa shape index (κ3) is 2.81. The van der Waals surface area contributed by atoms with Gasteiger partial charge in [0, 0.05) is 6.54 Å². The number of aryl methyl sites for hydroxylation is 1. The predicted octanol–water partition coefficient (Wildman–Crippen LogP) is 2.10.